The highest BCUT2D eigenvalue weighted by atomic mass is 35.5. The van der Waals surface area contributed by atoms with Crippen molar-refractivity contribution >= 4 is 29.2 Å². The maximum atomic E-state index is 13.4. The van der Waals surface area contributed by atoms with Crippen LogP contribution < -0.4 is 9.64 Å². The van der Waals surface area contributed by atoms with Gasteiger partial charge in [-0.3, -0.25) is 4.79 Å². The third-order valence-corrected chi connectivity index (χ3v) is 10.8. The van der Waals surface area contributed by atoms with Crippen molar-refractivity contribution in [2.75, 3.05) is 45.3 Å². The van der Waals surface area contributed by atoms with Gasteiger partial charge < -0.3 is 29.5 Å². The van der Waals surface area contributed by atoms with Gasteiger partial charge in [0.2, 0.25) is 5.91 Å². The van der Waals surface area contributed by atoms with Crippen molar-refractivity contribution in [2.24, 2.45) is 11.8 Å². The Morgan fingerprint density at radius 3 is 2.75 bits per heavy atom. The second kappa shape index (κ2) is 12.4. The molecule has 4 aliphatic rings. The molecule has 2 heterocycles. The van der Waals surface area contributed by atoms with Crippen molar-refractivity contribution in [1.29, 1.82) is 0 Å². The molecule has 1 spiro atoms. The highest BCUT2D eigenvalue weighted by Crippen LogP contribution is 2.47. The lowest BCUT2D eigenvalue weighted by molar-refractivity contribution is -0.169. The van der Waals surface area contributed by atoms with Crippen molar-refractivity contribution in [3.63, 3.8) is 0 Å². The van der Waals surface area contributed by atoms with Crippen LogP contribution in [0.2, 0.25) is 5.02 Å². The van der Waals surface area contributed by atoms with E-state index in [1.54, 1.807) is 18.0 Å². The Balaban J connectivity index is 1.46. The zero-order valence-corrected chi connectivity index (χ0v) is 26.4. The number of carbonyl (C=O) groups is 2. The highest BCUT2D eigenvalue weighted by Gasteiger charge is 2.47. The summed E-state index contributed by atoms with van der Waals surface area (Å²) in [6, 6.07) is 11.6. The van der Waals surface area contributed by atoms with Gasteiger partial charge in [0.25, 0.3) is 0 Å². The summed E-state index contributed by atoms with van der Waals surface area (Å²) >= 11 is 6.42. The first-order valence-electron chi connectivity index (χ1n) is 15.8. The molecular weight excluding hydrogens is 580 g/mol. The number of aliphatic hydroxyl groups excluding tert-OH is 1. The number of aryl methyl sites for hydroxylation is 1. The lowest BCUT2D eigenvalue weighted by Gasteiger charge is -2.45. The van der Waals surface area contributed by atoms with E-state index in [1.807, 2.05) is 30.4 Å². The Morgan fingerprint density at radius 2 is 2.00 bits per heavy atom. The molecule has 2 aromatic carbocycles. The number of hydrogen-bond acceptors (Lipinski definition) is 6. The minimum Gasteiger partial charge on any atom is -0.490 e. The molecule has 0 unspecified atom stereocenters. The predicted octanol–water partition coefficient (Wildman–Crippen LogP) is 5.33. The number of benzene rings is 2. The number of methoxy groups -OCH3 is 1. The van der Waals surface area contributed by atoms with Gasteiger partial charge in [-0.25, -0.2) is 4.79 Å². The SMILES string of the molecule is CO[C@]1(C(=O)O)CC(=O)N(C)CCCC=C[C@H](O)[C@@H]2CC[C@H]2CN2C[C@@]3(CCCc4cc(Cl)ccc43)COc3ccc1cc32. The molecule has 1 amide bonds. The molecule has 0 radical (unpaired) electrons. The van der Waals surface area contributed by atoms with Crippen LogP contribution in [0.4, 0.5) is 5.69 Å². The first-order chi connectivity index (χ1) is 21.2. The molecule has 44 heavy (non-hydrogen) atoms. The van der Waals surface area contributed by atoms with E-state index in [9.17, 15) is 19.8 Å². The minimum absolute atomic E-state index is 0.146. The summed E-state index contributed by atoms with van der Waals surface area (Å²) in [6.07, 6.45) is 9.41. The molecule has 9 heteroatoms. The Labute approximate surface area is 264 Å². The molecule has 1 fully saturated rings. The van der Waals surface area contributed by atoms with Gasteiger partial charge in [-0.2, -0.15) is 0 Å². The Hall–Kier alpha value is -3.07. The molecule has 6 rings (SSSR count). The number of carboxylic acids is 1. The number of aliphatic hydroxyl groups is 1. The summed E-state index contributed by atoms with van der Waals surface area (Å²) in [7, 11) is 3.05. The Morgan fingerprint density at radius 1 is 1.16 bits per heavy atom. The molecule has 0 aromatic heterocycles. The van der Waals surface area contributed by atoms with Gasteiger partial charge in [0.1, 0.15) is 5.75 Å². The number of carboxylic acid groups (broad SMARTS) is 1. The molecule has 2 aromatic rings. The Kier molecular flexibility index (Phi) is 8.70. The molecule has 5 atom stereocenters. The maximum absolute atomic E-state index is 13.4. The molecule has 0 saturated heterocycles. The maximum Gasteiger partial charge on any atom is 0.341 e. The van der Waals surface area contributed by atoms with E-state index in [0.717, 1.165) is 49.2 Å². The lowest BCUT2D eigenvalue weighted by Crippen LogP contribution is -2.49. The van der Waals surface area contributed by atoms with Gasteiger partial charge in [0, 0.05) is 44.2 Å². The monoisotopic (exact) mass is 622 g/mol. The molecule has 236 valence electrons. The first kappa shape index (κ1) is 30.9. The zero-order chi connectivity index (χ0) is 31.1. The summed E-state index contributed by atoms with van der Waals surface area (Å²) in [4.78, 5) is 30.2. The van der Waals surface area contributed by atoms with Crippen LogP contribution in [0.25, 0.3) is 0 Å². The van der Waals surface area contributed by atoms with Gasteiger partial charge in [0.05, 0.1) is 24.8 Å². The van der Waals surface area contributed by atoms with E-state index >= 15 is 0 Å². The van der Waals surface area contributed by atoms with Crippen molar-refractivity contribution in [3.8, 4) is 5.75 Å². The fourth-order valence-corrected chi connectivity index (χ4v) is 7.99. The summed E-state index contributed by atoms with van der Waals surface area (Å²) in [5.41, 5.74) is 1.57. The van der Waals surface area contributed by atoms with Crippen molar-refractivity contribution in [1.82, 2.24) is 4.90 Å². The van der Waals surface area contributed by atoms with Gasteiger partial charge in [-0.05, 0) is 97.7 Å². The smallest absolute Gasteiger partial charge is 0.341 e. The first-order valence-corrected chi connectivity index (χ1v) is 16.2. The van der Waals surface area contributed by atoms with E-state index < -0.39 is 17.7 Å². The number of carbonyl (C=O) groups excluding carboxylic acids is 1. The number of aliphatic carboxylic acids is 1. The topological polar surface area (TPSA) is 99.5 Å². The van der Waals surface area contributed by atoms with Crippen LogP contribution in [0.15, 0.2) is 48.6 Å². The van der Waals surface area contributed by atoms with Crippen LogP contribution in [0.1, 0.15) is 61.6 Å². The van der Waals surface area contributed by atoms with Crippen molar-refractivity contribution in [2.45, 2.75) is 68.5 Å². The van der Waals surface area contributed by atoms with E-state index in [4.69, 9.17) is 21.1 Å². The fourth-order valence-electron chi connectivity index (χ4n) is 7.80. The molecule has 1 saturated carbocycles. The molecule has 2 N–H and O–H groups in total. The van der Waals surface area contributed by atoms with Gasteiger partial charge >= 0.3 is 5.97 Å². The third-order valence-electron chi connectivity index (χ3n) is 10.6. The number of amides is 1. The van der Waals surface area contributed by atoms with E-state index in [-0.39, 0.29) is 29.6 Å². The van der Waals surface area contributed by atoms with Crippen LogP contribution in [-0.2, 0) is 31.8 Å². The number of hydrogen-bond donors (Lipinski definition) is 2. The van der Waals surface area contributed by atoms with Gasteiger partial charge in [-0.1, -0.05) is 35.9 Å². The van der Waals surface area contributed by atoms with Crippen LogP contribution in [0.5, 0.6) is 5.75 Å². The van der Waals surface area contributed by atoms with E-state index in [1.165, 1.54) is 18.2 Å². The number of rotatable bonds is 2. The largest absolute Gasteiger partial charge is 0.490 e. The quantitative estimate of drug-likeness (QED) is 0.437. The molecule has 2 aliphatic carbocycles. The third kappa shape index (κ3) is 5.61. The average Bonchev–Trinajstić information content (AvgIpc) is 3.14. The lowest BCUT2D eigenvalue weighted by atomic mass is 9.68. The van der Waals surface area contributed by atoms with E-state index in [0.29, 0.717) is 44.0 Å². The number of allylic oxidation sites excluding steroid dienone is 1. The summed E-state index contributed by atoms with van der Waals surface area (Å²) in [5.74, 6) is -0.419. The molecule has 2 aliphatic heterocycles. The minimum atomic E-state index is -1.85. The fraction of sp³-hybridized carbons (Fsp3) is 0.543. The number of ether oxygens (including phenoxy) is 2. The predicted molar refractivity (Wildman–Crippen MR) is 169 cm³/mol. The molecular formula is C35H43ClN2O6. The van der Waals surface area contributed by atoms with Crippen LogP contribution in [-0.4, -0.2) is 73.5 Å². The standard InChI is InChI=1S/C35H43ClN2O6/c1-37-16-5-3-4-8-30(39)27-12-9-24(27)20-38-21-34(15-6-7-23-17-26(36)11-13-28(23)34)22-44-31-14-10-25(18-29(31)38)35(43-2,33(41)42)19-32(37)40/h4,8,10-11,13-14,17-18,24,27,30,39H,3,5-7,9,12,15-16,19-22H2,1-2H3,(H,41,42)/t24-,27+,30-,34-,35+/m0/s1. The van der Waals surface area contributed by atoms with Crippen molar-refractivity contribution < 1.29 is 29.3 Å². The number of nitrogens with zero attached hydrogens (tertiary/aromatic N) is 2. The van der Waals surface area contributed by atoms with E-state index in [2.05, 4.69) is 17.0 Å². The number of halogens is 1. The normalized spacial score (nSPS) is 30.8. The number of fused-ring (bicyclic) bond motifs is 4. The van der Waals surface area contributed by atoms with Gasteiger partial charge in [-0.15, -0.1) is 0 Å². The van der Waals surface area contributed by atoms with Crippen LogP contribution in [0.3, 0.4) is 0 Å². The number of anilines is 1. The summed E-state index contributed by atoms with van der Waals surface area (Å²) < 4.78 is 12.4. The highest BCUT2D eigenvalue weighted by molar-refractivity contribution is 6.30. The van der Waals surface area contributed by atoms with Crippen LogP contribution >= 0.6 is 11.6 Å². The molecule has 8 nitrogen and oxygen atoms in total. The average molecular weight is 623 g/mol. The molecule has 2 bridgehead atoms. The van der Waals surface area contributed by atoms with Gasteiger partial charge in [0.15, 0.2) is 5.60 Å². The van der Waals surface area contributed by atoms with Crippen LogP contribution in [0, 0.1) is 11.8 Å². The summed E-state index contributed by atoms with van der Waals surface area (Å²) in [5, 5.41) is 22.4. The van der Waals surface area contributed by atoms with Crippen molar-refractivity contribution in [3.05, 3.63) is 70.3 Å². The zero-order valence-electron chi connectivity index (χ0n) is 25.6. The second-order valence-electron chi connectivity index (χ2n) is 13.2. The second-order valence-corrected chi connectivity index (χ2v) is 13.6. The Bertz CT molecular complexity index is 1450. The summed E-state index contributed by atoms with van der Waals surface area (Å²) in [6.45, 7) is 2.35.